The minimum absolute atomic E-state index is 0.213. The summed E-state index contributed by atoms with van der Waals surface area (Å²) in [4.78, 5) is 29.0. The van der Waals surface area contributed by atoms with E-state index in [1.54, 1.807) is 13.2 Å². The number of nitrogens with one attached hydrogen (secondary N) is 1. The Hall–Kier alpha value is -3.18. The first kappa shape index (κ1) is 31.7. The number of ether oxygens (including phenoxy) is 1. The van der Waals surface area contributed by atoms with E-state index in [1.165, 1.54) is 4.90 Å². The van der Waals surface area contributed by atoms with Crippen molar-refractivity contribution < 1.29 is 27.9 Å². The largest absolute Gasteiger partial charge is 0.480 e. The average molecular weight is 611 g/mol. The van der Waals surface area contributed by atoms with Gasteiger partial charge < -0.3 is 15.2 Å². The van der Waals surface area contributed by atoms with E-state index in [4.69, 9.17) is 4.74 Å². The van der Waals surface area contributed by atoms with Crippen molar-refractivity contribution in [3.63, 3.8) is 0 Å². The molecule has 0 radical (unpaired) electrons. The van der Waals surface area contributed by atoms with Gasteiger partial charge in [-0.3, -0.25) is 9.69 Å². The number of likely N-dealkylation sites (tertiary alicyclic amines) is 1. The van der Waals surface area contributed by atoms with Crippen LogP contribution in [0.5, 0.6) is 0 Å². The van der Waals surface area contributed by atoms with E-state index >= 15 is 0 Å². The van der Waals surface area contributed by atoms with Crippen molar-refractivity contribution in [2.24, 2.45) is 0 Å². The van der Waals surface area contributed by atoms with Crippen LogP contribution in [0.3, 0.4) is 0 Å². The fourth-order valence-electron chi connectivity index (χ4n) is 5.32. The topological polar surface area (TPSA) is 113 Å². The normalized spacial score (nSPS) is 18.1. The molecule has 1 amide bonds. The van der Waals surface area contributed by atoms with Gasteiger partial charge in [0.2, 0.25) is 0 Å². The number of rotatable bonds is 13. The number of carboxylic acids is 1. The average Bonchev–Trinajstić information content (AvgIpc) is 3.31. The molecule has 1 fully saturated rings. The molecule has 224 valence electrons. The third-order valence-corrected chi connectivity index (χ3v) is 9.62. The molecule has 2 unspecified atom stereocenters. The molecule has 0 spiro atoms. The van der Waals surface area contributed by atoms with Crippen LogP contribution in [-0.2, 0) is 25.9 Å². The van der Waals surface area contributed by atoms with Gasteiger partial charge in [-0.15, -0.1) is 11.8 Å². The van der Waals surface area contributed by atoms with Gasteiger partial charge in [0.1, 0.15) is 15.9 Å². The van der Waals surface area contributed by atoms with E-state index in [-0.39, 0.29) is 18.2 Å². The molecule has 0 saturated carbocycles. The zero-order valence-corrected chi connectivity index (χ0v) is 25.8. The monoisotopic (exact) mass is 610 g/mol. The van der Waals surface area contributed by atoms with E-state index in [0.29, 0.717) is 29.5 Å². The van der Waals surface area contributed by atoms with Gasteiger partial charge in [-0.25, -0.2) is 13.2 Å². The quantitative estimate of drug-likeness (QED) is 0.287. The smallest absolute Gasteiger partial charge is 0.326 e. The number of aryl methyl sites for hydroxylation is 1. The van der Waals surface area contributed by atoms with Crippen molar-refractivity contribution in [3.05, 3.63) is 89.5 Å². The first-order valence-electron chi connectivity index (χ1n) is 13.9. The summed E-state index contributed by atoms with van der Waals surface area (Å²) in [5, 5.41) is 12.6. The molecular formula is C32H38N2O6S2. The standard InChI is InChI=1S/C32H38N2O6S2/c1-22-9-7-8-12-27(22)29-17-23(13-14-28(29)31(35)33-30(32(36)37)15-16-42(3,38)39)19-34-20-26(18-24(34)21-40-2)41-25-10-5-4-6-11-25/h4-14,17,24,26,30H,15-16,18-21H2,1-3H3,(H,33,35)(H,36,37)/t24-,26?,30?/m0/s1. The molecule has 0 aliphatic carbocycles. The second kappa shape index (κ2) is 14.3. The van der Waals surface area contributed by atoms with Crippen LogP contribution in [0.15, 0.2) is 77.7 Å². The van der Waals surface area contributed by atoms with Gasteiger partial charge in [-0.05, 0) is 66.3 Å². The lowest BCUT2D eigenvalue weighted by molar-refractivity contribution is -0.139. The molecule has 8 nitrogen and oxygen atoms in total. The van der Waals surface area contributed by atoms with Gasteiger partial charge >= 0.3 is 5.97 Å². The van der Waals surface area contributed by atoms with Crippen molar-refractivity contribution in [1.29, 1.82) is 0 Å². The van der Waals surface area contributed by atoms with Crippen molar-refractivity contribution in [1.82, 2.24) is 10.2 Å². The van der Waals surface area contributed by atoms with Crippen LogP contribution < -0.4 is 5.32 Å². The summed E-state index contributed by atoms with van der Waals surface area (Å²) < 4.78 is 28.8. The molecule has 0 bridgehead atoms. The van der Waals surface area contributed by atoms with Crippen molar-refractivity contribution in [2.75, 3.05) is 32.3 Å². The summed E-state index contributed by atoms with van der Waals surface area (Å²) in [5.74, 6) is -2.17. The number of carbonyl (C=O) groups is 2. The molecule has 1 heterocycles. The first-order chi connectivity index (χ1) is 20.0. The van der Waals surface area contributed by atoms with Crippen molar-refractivity contribution >= 4 is 33.5 Å². The van der Waals surface area contributed by atoms with Crippen LogP contribution in [0, 0.1) is 6.92 Å². The maximum Gasteiger partial charge on any atom is 0.326 e. The Bertz CT molecular complexity index is 1500. The zero-order chi connectivity index (χ0) is 30.3. The highest BCUT2D eigenvalue weighted by molar-refractivity contribution is 8.00. The fourth-order valence-corrected chi connectivity index (χ4v) is 7.27. The van der Waals surface area contributed by atoms with Crippen LogP contribution in [-0.4, -0.2) is 79.9 Å². The number of benzene rings is 3. The fraction of sp³-hybridized carbons (Fsp3) is 0.375. The summed E-state index contributed by atoms with van der Waals surface area (Å²) in [7, 11) is -1.67. The van der Waals surface area contributed by atoms with Gasteiger partial charge in [0, 0.05) is 48.2 Å². The number of thioether (sulfide) groups is 1. The Balaban J connectivity index is 1.60. The predicted octanol–water partition coefficient (Wildman–Crippen LogP) is 4.66. The first-order valence-corrected chi connectivity index (χ1v) is 16.8. The van der Waals surface area contributed by atoms with E-state index in [1.807, 2.05) is 61.2 Å². The summed E-state index contributed by atoms with van der Waals surface area (Å²) >= 11 is 1.88. The Morgan fingerprint density at radius 3 is 2.45 bits per heavy atom. The number of methoxy groups -OCH3 is 1. The summed E-state index contributed by atoms with van der Waals surface area (Å²) in [6.45, 7) is 4.17. The highest BCUT2D eigenvalue weighted by Gasteiger charge is 2.33. The van der Waals surface area contributed by atoms with Gasteiger partial charge in [-0.2, -0.15) is 0 Å². The molecule has 2 N–H and O–H groups in total. The lowest BCUT2D eigenvalue weighted by atomic mass is 9.93. The summed E-state index contributed by atoms with van der Waals surface area (Å²) in [5.41, 5.74) is 3.93. The lowest BCUT2D eigenvalue weighted by Crippen LogP contribution is -2.42. The Morgan fingerprint density at radius 1 is 1.07 bits per heavy atom. The van der Waals surface area contributed by atoms with Gasteiger partial charge in [-0.1, -0.05) is 48.5 Å². The molecule has 10 heteroatoms. The Morgan fingerprint density at radius 2 is 1.79 bits per heavy atom. The van der Waals surface area contributed by atoms with Crippen LogP contribution >= 0.6 is 11.8 Å². The number of amides is 1. The van der Waals surface area contributed by atoms with Crippen molar-refractivity contribution in [2.45, 2.75) is 48.5 Å². The van der Waals surface area contributed by atoms with E-state index < -0.39 is 27.8 Å². The molecule has 0 aromatic heterocycles. The zero-order valence-electron chi connectivity index (χ0n) is 24.2. The highest BCUT2D eigenvalue weighted by Crippen LogP contribution is 2.35. The SMILES string of the molecule is COC[C@@H]1CC(Sc2ccccc2)CN1Cc1ccc(C(=O)NC(CCS(C)(=O)=O)C(=O)O)c(-c2ccccc2C)c1. The molecule has 3 aromatic rings. The molecule has 1 aliphatic heterocycles. The van der Waals surface area contributed by atoms with Gasteiger partial charge in [0.15, 0.2) is 0 Å². The molecule has 4 rings (SSSR count). The number of carboxylic acid groups (broad SMARTS) is 1. The van der Waals surface area contributed by atoms with E-state index in [0.717, 1.165) is 35.9 Å². The second-order valence-electron chi connectivity index (χ2n) is 10.8. The Labute approximate surface area is 252 Å². The summed E-state index contributed by atoms with van der Waals surface area (Å²) in [6.07, 6.45) is 1.83. The van der Waals surface area contributed by atoms with Gasteiger partial charge in [0.05, 0.1) is 12.4 Å². The predicted molar refractivity (Wildman–Crippen MR) is 167 cm³/mol. The van der Waals surface area contributed by atoms with E-state index in [2.05, 4.69) is 34.5 Å². The third kappa shape index (κ3) is 8.67. The molecule has 3 atom stereocenters. The number of nitrogens with zero attached hydrogens (tertiary/aromatic N) is 1. The molecule has 1 aliphatic rings. The van der Waals surface area contributed by atoms with Crippen LogP contribution in [0.25, 0.3) is 11.1 Å². The number of hydrogen-bond donors (Lipinski definition) is 2. The van der Waals surface area contributed by atoms with Gasteiger partial charge in [0.25, 0.3) is 5.91 Å². The minimum Gasteiger partial charge on any atom is -0.480 e. The maximum atomic E-state index is 13.4. The lowest BCUT2D eigenvalue weighted by Gasteiger charge is -2.24. The number of carbonyl (C=O) groups excluding carboxylic acids is 1. The maximum absolute atomic E-state index is 13.4. The number of aliphatic carboxylic acids is 1. The molecule has 42 heavy (non-hydrogen) atoms. The van der Waals surface area contributed by atoms with E-state index in [9.17, 15) is 23.1 Å². The van der Waals surface area contributed by atoms with Crippen LogP contribution in [0.2, 0.25) is 0 Å². The van der Waals surface area contributed by atoms with Crippen LogP contribution in [0.1, 0.15) is 34.3 Å². The molecule has 1 saturated heterocycles. The highest BCUT2D eigenvalue weighted by atomic mass is 32.2. The Kier molecular flexibility index (Phi) is 10.8. The molecular weight excluding hydrogens is 572 g/mol. The number of hydrogen-bond acceptors (Lipinski definition) is 7. The summed E-state index contributed by atoms with van der Waals surface area (Å²) in [6, 6.07) is 22.7. The van der Waals surface area contributed by atoms with Crippen molar-refractivity contribution in [3.8, 4) is 11.1 Å². The third-order valence-electron chi connectivity index (χ3n) is 7.42. The molecule has 3 aromatic carbocycles. The second-order valence-corrected chi connectivity index (χ2v) is 14.4. The minimum atomic E-state index is -3.39. The van der Waals surface area contributed by atoms with Crippen LogP contribution in [0.4, 0.5) is 0 Å². The number of sulfone groups is 1.